The number of halogens is 1. The average molecular weight is 625 g/mol. The van der Waals surface area contributed by atoms with Crippen molar-refractivity contribution in [3.05, 3.63) is 107 Å². The van der Waals surface area contributed by atoms with Gasteiger partial charge >= 0.3 is 0 Å². The minimum atomic E-state index is -0.0714. The lowest BCUT2D eigenvalue weighted by atomic mass is 10.1. The predicted octanol–water partition coefficient (Wildman–Crippen LogP) is 6.78. The zero-order valence-corrected chi connectivity index (χ0v) is 26.9. The molecule has 0 radical (unpaired) electrons. The molecule has 0 aliphatic carbocycles. The summed E-state index contributed by atoms with van der Waals surface area (Å²) < 4.78 is 14.1. The van der Waals surface area contributed by atoms with Crippen molar-refractivity contribution < 1.29 is 14.3 Å². The molecule has 0 bridgehead atoms. The maximum Gasteiger partial charge on any atom is 0.253 e. The summed E-state index contributed by atoms with van der Waals surface area (Å²) in [6, 6.07) is 26.1. The zero-order valence-electron chi connectivity index (χ0n) is 26.1. The van der Waals surface area contributed by atoms with Crippen LogP contribution in [0, 0.1) is 6.92 Å². The molecule has 1 N–H and O–H groups in total. The molecule has 7 nitrogen and oxygen atoms in total. The highest BCUT2D eigenvalue weighted by molar-refractivity contribution is 6.35. The van der Waals surface area contributed by atoms with Crippen LogP contribution in [0.3, 0.4) is 0 Å². The second kappa shape index (κ2) is 14.4. The van der Waals surface area contributed by atoms with Crippen LogP contribution >= 0.6 is 11.6 Å². The number of fused-ring (bicyclic) bond motifs is 2. The molecule has 1 aromatic heterocycles. The van der Waals surface area contributed by atoms with Gasteiger partial charge in [-0.3, -0.25) is 9.69 Å². The van der Waals surface area contributed by atoms with E-state index < -0.39 is 0 Å². The van der Waals surface area contributed by atoms with Gasteiger partial charge in [0.2, 0.25) is 0 Å². The van der Waals surface area contributed by atoms with Crippen molar-refractivity contribution in [3.63, 3.8) is 0 Å². The van der Waals surface area contributed by atoms with Crippen LogP contribution < -0.4 is 14.8 Å². The predicted molar refractivity (Wildman–Crippen MR) is 183 cm³/mol. The lowest BCUT2D eigenvalue weighted by Crippen LogP contribution is -2.47. The van der Waals surface area contributed by atoms with Crippen molar-refractivity contribution in [2.75, 3.05) is 53.0 Å². The van der Waals surface area contributed by atoms with Crippen LogP contribution in [0.15, 0.2) is 85.1 Å². The highest BCUT2D eigenvalue weighted by atomic mass is 35.5. The molecule has 1 aliphatic heterocycles. The topological polar surface area (TPSA) is 59.0 Å². The number of benzene rings is 4. The van der Waals surface area contributed by atoms with Crippen LogP contribution in [-0.4, -0.2) is 73.3 Å². The highest BCUT2D eigenvalue weighted by Gasteiger charge is 2.20. The molecule has 1 saturated heterocycles. The van der Waals surface area contributed by atoms with Crippen molar-refractivity contribution in [2.45, 2.75) is 26.4 Å². The molecule has 6 rings (SSSR count). The van der Waals surface area contributed by atoms with E-state index in [-0.39, 0.29) is 5.91 Å². The van der Waals surface area contributed by atoms with E-state index in [1.165, 1.54) is 5.56 Å². The van der Waals surface area contributed by atoms with Crippen LogP contribution in [0.5, 0.6) is 11.5 Å². The molecule has 2 heterocycles. The SMILES string of the molecule is COc1cccc2c(C(=O)NCc3cccc(C)c3)cn(CCCN3CCN(CCOc4ccc(Cl)c5ccccc45)CC3)c12. The first-order chi connectivity index (χ1) is 22.0. The normalized spacial score (nSPS) is 14.2. The van der Waals surface area contributed by atoms with E-state index in [2.05, 4.69) is 44.8 Å². The smallest absolute Gasteiger partial charge is 0.253 e. The molecule has 45 heavy (non-hydrogen) atoms. The van der Waals surface area contributed by atoms with E-state index in [0.717, 1.165) is 96.0 Å². The fourth-order valence-corrected chi connectivity index (χ4v) is 6.52. The Morgan fingerprint density at radius 2 is 1.56 bits per heavy atom. The second-order valence-corrected chi connectivity index (χ2v) is 12.1. The number of para-hydroxylation sites is 1. The van der Waals surface area contributed by atoms with Crippen molar-refractivity contribution in [2.24, 2.45) is 0 Å². The maximum atomic E-state index is 13.3. The van der Waals surface area contributed by atoms with Gasteiger partial charge in [0, 0.05) is 73.2 Å². The van der Waals surface area contributed by atoms with Crippen molar-refractivity contribution in [1.29, 1.82) is 0 Å². The third-order valence-corrected chi connectivity index (χ3v) is 9.03. The molecule has 4 aromatic carbocycles. The number of aromatic nitrogens is 1. The summed E-state index contributed by atoms with van der Waals surface area (Å²) in [4.78, 5) is 18.3. The Morgan fingerprint density at radius 1 is 0.822 bits per heavy atom. The first kappa shape index (κ1) is 31.0. The number of carbonyl (C=O) groups excluding carboxylic acids is 1. The molecule has 1 amide bonds. The molecule has 0 spiro atoms. The number of piperazine rings is 1. The van der Waals surface area contributed by atoms with Crippen molar-refractivity contribution >= 4 is 39.2 Å². The van der Waals surface area contributed by atoms with Gasteiger partial charge in [-0.05, 0) is 43.7 Å². The summed E-state index contributed by atoms with van der Waals surface area (Å²) in [5.74, 6) is 1.60. The van der Waals surface area contributed by atoms with E-state index in [4.69, 9.17) is 21.1 Å². The van der Waals surface area contributed by atoms with Crippen LogP contribution in [0.4, 0.5) is 0 Å². The van der Waals surface area contributed by atoms with E-state index in [1.807, 2.05) is 66.9 Å². The number of nitrogens with one attached hydrogen (secondary N) is 1. The van der Waals surface area contributed by atoms with Crippen molar-refractivity contribution in [3.8, 4) is 11.5 Å². The molecular formula is C37H41ClN4O3. The largest absolute Gasteiger partial charge is 0.495 e. The van der Waals surface area contributed by atoms with Crippen molar-refractivity contribution in [1.82, 2.24) is 19.7 Å². The standard InChI is InChI=1S/C37H41ClN4O3/c1-27-8-5-9-28(24-27)25-39-37(43)32-26-42(36-31(32)12-6-13-35(36)44-2)17-7-16-40-18-20-41(21-19-40)22-23-45-34-15-14-33(38)29-10-3-4-11-30(29)34/h3-6,8-15,24,26H,7,16-23,25H2,1-2H3,(H,39,43). The Kier molecular flexibility index (Phi) is 9.89. The van der Waals surface area contributed by atoms with Crippen LogP contribution in [0.2, 0.25) is 5.02 Å². The molecular weight excluding hydrogens is 584 g/mol. The first-order valence-corrected chi connectivity index (χ1v) is 16.1. The highest BCUT2D eigenvalue weighted by Crippen LogP contribution is 2.32. The molecule has 5 aromatic rings. The van der Waals surface area contributed by atoms with Gasteiger partial charge in [0.05, 0.1) is 18.2 Å². The third-order valence-electron chi connectivity index (χ3n) is 8.70. The zero-order chi connectivity index (χ0) is 31.2. The van der Waals surface area contributed by atoms with Gasteiger partial charge < -0.3 is 24.3 Å². The van der Waals surface area contributed by atoms with Crippen LogP contribution in [0.25, 0.3) is 21.7 Å². The lowest BCUT2D eigenvalue weighted by Gasteiger charge is -2.34. The first-order valence-electron chi connectivity index (χ1n) is 15.7. The summed E-state index contributed by atoms with van der Waals surface area (Å²) in [6.45, 7) is 10.0. The van der Waals surface area contributed by atoms with Crippen LogP contribution in [0.1, 0.15) is 27.9 Å². The molecule has 1 fully saturated rings. The summed E-state index contributed by atoms with van der Waals surface area (Å²) in [5.41, 5.74) is 3.92. The monoisotopic (exact) mass is 624 g/mol. The number of hydrogen-bond donors (Lipinski definition) is 1. The quantitative estimate of drug-likeness (QED) is 0.166. The third kappa shape index (κ3) is 7.28. The van der Waals surface area contributed by atoms with E-state index in [9.17, 15) is 4.79 Å². The number of carbonyl (C=O) groups is 1. The fraction of sp³-hybridized carbons (Fsp3) is 0.324. The Morgan fingerprint density at radius 3 is 2.33 bits per heavy atom. The molecule has 0 atom stereocenters. The van der Waals surface area contributed by atoms with Gasteiger partial charge in [-0.1, -0.05) is 77.8 Å². The Hall–Kier alpha value is -4.04. The number of nitrogens with zero attached hydrogens (tertiary/aromatic N) is 3. The minimum absolute atomic E-state index is 0.0714. The van der Waals surface area contributed by atoms with E-state index >= 15 is 0 Å². The molecule has 1 aliphatic rings. The van der Waals surface area contributed by atoms with Gasteiger partial charge in [-0.15, -0.1) is 0 Å². The van der Waals surface area contributed by atoms with Gasteiger partial charge in [0.25, 0.3) is 5.91 Å². The van der Waals surface area contributed by atoms with Gasteiger partial charge in [0.15, 0.2) is 0 Å². The molecule has 8 heteroatoms. The Labute approximate surface area is 270 Å². The summed E-state index contributed by atoms with van der Waals surface area (Å²) >= 11 is 6.37. The lowest BCUT2D eigenvalue weighted by molar-refractivity contribution is 0.0952. The van der Waals surface area contributed by atoms with Gasteiger partial charge in [-0.25, -0.2) is 0 Å². The summed E-state index contributed by atoms with van der Waals surface area (Å²) in [7, 11) is 1.69. The summed E-state index contributed by atoms with van der Waals surface area (Å²) in [6.07, 6.45) is 2.97. The number of ether oxygens (including phenoxy) is 2. The number of methoxy groups -OCH3 is 1. The Balaban J connectivity index is 1.00. The maximum absolute atomic E-state index is 13.3. The number of aryl methyl sites for hydroxylation is 2. The Bertz CT molecular complexity index is 1780. The average Bonchev–Trinajstić information content (AvgIpc) is 3.44. The number of rotatable bonds is 12. The second-order valence-electron chi connectivity index (χ2n) is 11.7. The summed E-state index contributed by atoms with van der Waals surface area (Å²) in [5, 5.41) is 6.85. The molecule has 234 valence electrons. The van der Waals surface area contributed by atoms with E-state index in [1.54, 1.807) is 7.11 Å². The molecule has 0 saturated carbocycles. The van der Waals surface area contributed by atoms with Gasteiger partial charge in [-0.2, -0.15) is 0 Å². The molecule has 0 unspecified atom stereocenters. The number of amides is 1. The van der Waals surface area contributed by atoms with Crippen LogP contribution in [-0.2, 0) is 13.1 Å². The van der Waals surface area contributed by atoms with Gasteiger partial charge in [0.1, 0.15) is 18.1 Å². The number of hydrogen-bond acceptors (Lipinski definition) is 5. The van der Waals surface area contributed by atoms with E-state index in [0.29, 0.717) is 18.7 Å². The fourth-order valence-electron chi connectivity index (χ4n) is 6.29. The minimum Gasteiger partial charge on any atom is -0.495 e.